The van der Waals surface area contributed by atoms with Gasteiger partial charge in [0.1, 0.15) is 10.8 Å². The molecule has 2 N–H and O–H groups in total. The molecule has 8 heteroatoms. The van der Waals surface area contributed by atoms with Crippen molar-refractivity contribution in [2.45, 2.75) is 32.6 Å². The second-order valence-corrected chi connectivity index (χ2v) is 6.96. The van der Waals surface area contributed by atoms with Crippen LogP contribution in [-0.2, 0) is 16.0 Å². The third-order valence-electron chi connectivity index (χ3n) is 4.03. The smallest absolute Gasteiger partial charge is 0.283 e. The highest BCUT2D eigenvalue weighted by molar-refractivity contribution is 7.16. The maximum absolute atomic E-state index is 12.4. The fourth-order valence-electron chi connectivity index (χ4n) is 2.62. The van der Waals surface area contributed by atoms with Gasteiger partial charge in [-0.1, -0.05) is 37.2 Å². The number of unbranched alkanes of at least 4 members (excludes halogenated alkanes) is 2. The Morgan fingerprint density at radius 1 is 1.31 bits per heavy atom. The first kappa shape index (κ1) is 18.1. The lowest BCUT2D eigenvalue weighted by molar-refractivity contribution is -0.114. The van der Waals surface area contributed by atoms with E-state index in [1.54, 1.807) is 18.2 Å². The molecule has 0 saturated heterocycles. The summed E-state index contributed by atoms with van der Waals surface area (Å²) in [6.07, 6.45) is 10.3. The monoisotopic (exact) mass is 372 g/mol. The number of hydrogen-bond donors (Lipinski definition) is 1. The molecule has 0 amide bonds. The summed E-state index contributed by atoms with van der Waals surface area (Å²) in [7, 11) is 1.42. The second-order valence-electron chi connectivity index (χ2n) is 5.92. The number of nitrogens with zero attached hydrogens (tertiary/aromatic N) is 3. The molecular formula is C18H20N4O3S. The minimum absolute atomic E-state index is 0.207. The van der Waals surface area contributed by atoms with Gasteiger partial charge in [-0.25, -0.2) is 0 Å². The van der Waals surface area contributed by atoms with Gasteiger partial charge in [0.15, 0.2) is 5.76 Å². The number of nitrogen functional groups attached to an aromatic ring is 1. The maximum Gasteiger partial charge on any atom is 0.283 e. The topological polar surface area (TPSA) is 99.6 Å². The van der Waals surface area contributed by atoms with E-state index in [-0.39, 0.29) is 22.9 Å². The van der Waals surface area contributed by atoms with E-state index in [0.717, 1.165) is 30.7 Å². The van der Waals surface area contributed by atoms with Gasteiger partial charge >= 0.3 is 0 Å². The molecule has 2 aromatic heterocycles. The van der Waals surface area contributed by atoms with Crippen molar-refractivity contribution in [1.82, 2.24) is 14.6 Å². The Bertz CT molecular complexity index is 998. The maximum atomic E-state index is 12.4. The van der Waals surface area contributed by atoms with Crippen molar-refractivity contribution >= 4 is 34.0 Å². The van der Waals surface area contributed by atoms with Gasteiger partial charge in [0.25, 0.3) is 5.56 Å². The van der Waals surface area contributed by atoms with Crippen molar-refractivity contribution in [3.05, 3.63) is 50.5 Å². The third-order valence-corrected chi connectivity index (χ3v) is 4.99. The first-order valence-electron chi connectivity index (χ1n) is 8.41. The Balaban J connectivity index is 2.00. The molecule has 2 aromatic rings. The fraction of sp³-hybridized carbons (Fsp3) is 0.333. The second kappa shape index (κ2) is 7.65. The van der Waals surface area contributed by atoms with Gasteiger partial charge in [-0.15, -0.1) is 0 Å². The third kappa shape index (κ3) is 3.60. The average Bonchev–Trinajstić information content (AvgIpc) is 3.03. The van der Waals surface area contributed by atoms with Gasteiger partial charge in [0, 0.05) is 6.42 Å². The minimum atomic E-state index is -0.420. The number of rotatable bonds is 6. The highest BCUT2D eigenvalue weighted by Crippen LogP contribution is 2.21. The molecule has 3 rings (SSSR count). The summed E-state index contributed by atoms with van der Waals surface area (Å²) >= 11 is 1.38. The van der Waals surface area contributed by atoms with Gasteiger partial charge in [-0.2, -0.15) is 14.6 Å². The van der Waals surface area contributed by atoms with Crippen LogP contribution >= 0.6 is 11.3 Å². The minimum Gasteiger partial charge on any atom is -0.493 e. The molecule has 0 aromatic carbocycles. The molecule has 0 spiro atoms. The van der Waals surface area contributed by atoms with Gasteiger partial charge in [-0.3, -0.25) is 9.59 Å². The van der Waals surface area contributed by atoms with Crippen molar-refractivity contribution in [1.29, 1.82) is 0 Å². The molecule has 1 aliphatic rings. The summed E-state index contributed by atoms with van der Waals surface area (Å²) in [6.45, 7) is 2.15. The summed E-state index contributed by atoms with van der Waals surface area (Å²) in [5.74, 6) is 0.223. The van der Waals surface area contributed by atoms with Crippen molar-refractivity contribution in [3.8, 4) is 0 Å². The SMILES string of the molecule is CCCCCc1nn2c(N)c(/C=C3\C=CC(=O)C(OC)=C3)c(=O)nc2s1. The number of ether oxygens (including phenoxy) is 1. The zero-order valence-electron chi connectivity index (χ0n) is 14.7. The molecule has 0 radical (unpaired) electrons. The van der Waals surface area contributed by atoms with Crippen LogP contribution < -0.4 is 11.3 Å². The molecule has 7 nitrogen and oxygen atoms in total. The standard InChI is InChI=1S/C18H20N4O3S/c1-3-4-5-6-15-21-22-16(19)12(17(24)20-18(22)26-15)9-11-7-8-13(23)14(10-11)25-2/h7-10H,3-6,19H2,1-2H3/b11-9+. The number of anilines is 1. The zero-order valence-corrected chi connectivity index (χ0v) is 15.5. The Morgan fingerprint density at radius 3 is 2.85 bits per heavy atom. The number of nitrogens with two attached hydrogens (primary N) is 1. The van der Waals surface area contributed by atoms with E-state index in [2.05, 4.69) is 17.0 Å². The van der Waals surface area contributed by atoms with Crippen LogP contribution in [-0.4, -0.2) is 27.5 Å². The molecule has 0 fully saturated rings. The lowest BCUT2D eigenvalue weighted by Gasteiger charge is -2.08. The number of ketones is 1. The van der Waals surface area contributed by atoms with Crippen LogP contribution in [0.2, 0.25) is 0 Å². The summed E-state index contributed by atoms with van der Waals surface area (Å²) < 4.78 is 6.54. The quantitative estimate of drug-likeness (QED) is 0.782. The summed E-state index contributed by atoms with van der Waals surface area (Å²) in [4.78, 5) is 28.6. The highest BCUT2D eigenvalue weighted by Gasteiger charge is 2.16. The molecule has 2 heterocycles. The Hall–Kier alpha value is -2.74. The first-order valence-corrected chi connectivity index (χ1v) is 9.23. The lowest BCUT2D eigenvalue weighted by Crippen LogP contribution is -2.17. The van der Waals surface area contributed by atoms with Gasteiger partial charge in [-0.05, 0) is 30.2 Å². The van der Waals surface area contributed by atoms with Crippen LogP contribution in [0, 0.1) is 0 Å². The average molecular weight is 372 g/mol. The number of allylic oxidation sites excluding steroid dienone is 4. The predicted molar refractivity (Wildman–Crippen MR) is 102 cm³/mol. The van der Waals surface area contributed by atoms with Gasteiger partial charge < -0.3 is 10.5 Å². The van der Waals surface area contributed by atoms with Crippen molar-refractivity contribution in [2.24, 2.45) is 0 Å². The van der Waals surface area contributed by atoms with Crippen LogP contribution in [0.3, 0.4) is 0 Å². The summed E-state index contributed by atoms with van der Waals surface area (Å²) in [5.41, 5.74) is 6.63. The van der Waals surface area contributed by atoms with Crippen molar-refractivity contribution in [3.63, 3.8) is 0 Å². The zero-order chi connectivity index (χ0) is 18.7. The molecule has 0 aliphatic heterocycles. The van der Waals surface area contributed by atoms with Gasteiger partial charge in [0.05, 0.1) is 12.7 Å². The number of carbonyl (C=O) groups is 1. The molecule has 0 saturated carbocycles. The summed E-state index contributed by atoms with van der Waals surface area (Å²) in [6, 6.07) is 0. The van der Waals surface area contributed by atoms with E-state index in [9.17, 15) is 9.59 Å². The van der Waals surface area contributed by atoms with Crippen molar-refractivity contribution < 1.29 is 9.53 Å². The Morgan fingerprint density at radius 2 is 2.12 bits per heavy atom. The largest absolute Gasteiger partial charge is 0.493 e. The van der Waals surface area contributed by atoms with E-state index in [0.29, 0.717) is 10.5 Å². The lowest BCUT2D eigenvalue weighted by atomic mass is 10.0. The Labute approximate surface area is 154 Å². The van der Waals surface area contributed by atoms with E-state index in [1.165, 1.54) is 29.0 Å². The van der Waals surface area contributed by atoms with E-state index in [1.807, 2.05) is 0 Å². The molecule has 136 valence electrons. The highest BCUT2D eigenvalue weighted by atomic mass is 32.1. The predicted octanol–water partition coefficient (Wildman–Crippen LogP) is 2.52. The van der Waals surface area contributed by atoms with Crippen LogP contribution in [0.1, 0.15) is 36.8 Å². The molecular weight excluding hydrogens is 352 g/mol. The number of methoxy groups -OCH3 is 1. The summed E-state index contributed by atoms with van der Waals surface area (Å²) in [5, 5.41) is 5.40. The van der Waals surface area contributed by atoms with Crippen LogP contribution in [0.4, 0.5) is 5.82 Å². The molecule has 0 bridgehead atoms. The normalized spacial score (nSPS) is 15.7. The van der Waals surface area contributed by atoms with Crippen LogP contribution in [0.15, 0.2) is 34.4 Å². The fourth-order valence-corrected chi connectivity index (χ4v) is 3.56. The number of fused-ring (bicyclic) bond motifs is 1. The number of carbonyl (C=O) groups excluding carboxylic acids is 1. The first-order chi connectivity index (χ1) is 12.5. The number of hydrogen-bond acceptors (Lipinski definition) is 7. The number of aryl methyl sites for hydroxylation is 1. The van der Waals surface area contributed by atoms with Crippen LogP contribution in [0.25, 0.3) is 11.0 Å². The van der Waals surface area contributed by atoms with Crippen molar-refractivity contribution in [2.75, 3.05) is 12.8 Å². The van der Waals surface area contributed by atoms with Crippen LogP contribution in [0.5, 0.6) is 0 Å². The van der Waals surface area contributed by atoms with E-state index >= 15 is 0 Å². The van der Waals surface area contributed by atoms with Gasteiger partial charge in [0.2, 0.25) is 10.7 Å². The molecule has 0 atom stereocenters. The van der Waals surface area contributed by atoms with E-state index in [4.69, 9.17) is 10.5 Å². The molecule has 26 heavy (non-hydrogen) atoms. The Kier molecular flexibility index (Phi) is 5.32. The number of aromatic nitrogens is 3. The van der Waals surface area contributed by atoms with E-state index < -0.39 is 5.56 Å². The molecule has 0 unspecified atom stereocenters. The molecule has 1 aliphatic carbocycles.